The standard InChI is InChI=1S/C14H18O2S/c1-16-10-5-11-17-12-14-7-3-2-6-13(14)8-4-9-15/h2-3,6-7,15H,5,9-12H2,1H3. The Labute approximate surface area is 107 Å². The lowest BCUT2D eigenvalue weighted by atomic mass is 10.1. The summed E-state index contributed by atoms with van der Waals surface area (Å²) < 4.78 is 5.01. The van der Waals surface area contributed by atoms with Gasteiger partial charge in [0, 0.05) is 25.0 Å². The van der Waals surface area contributed by atoms with Gasteiger partial charge in [0.2, 0.25) is 0 Å². The minimum atomic E-state index is -0.0880. The lowest BCUT2D eigenvalue weighted by molar-refractivity contribution is 0.200. The second kappa shape index (κ2) is 9.12. The van der Waals surface area contributed by atoms with E-state index in [0.29, 0.717) is 0 Å². The number of aliphatic hydroxyl groups is 1. The van der Waals surface area contributed by atoms with E-state index in [4.69, 9.17) is 9.84 Å². The molecule has 2 nitrogen and oxygen atoms in total. The summed E-state index contributed by atoms with van der Waals surface area (Å²) in [5, 5.41) is 8.70. The molecule has 1 aromatic rings. The van der Waals surface area contributed by atoms with Crippen LogP contribution in [0.5, 0.6) is 0 Å². The maximum absolute atomic E-state index is 8.70. The number of rotatable bonds is 6. The first-order chi connectivity index (χ1) is 8.38. The van der Waals surface area contributed by atoms with Crippen LogP contribution in [-0.4, -0.2) is 31.2 Å². The van der Waals surface area contributed by atoms with Crippen molar-refractivity contribution in [2.24, 2.45) is 0 Å². The van der Waals surface area contributed by atoms with E-state index in [0.717, 1.165) is 30.1 Å². The lowest BCUT2D eigenvalue weighted by Crippen LogP contribution is -1.92. The second-order valence-electron chi connectivity index (χ2n) is 3.52. The highest BCUT2D eigenvalue weighted by molar-refractivity contribution is 7.98. The molecule has 0 heterocycles. The van der Waals surface area contributed by atoms with Crippen LogP contribution in [-0.2, 0) is 10.5 Å². The van der Waals surface area contributed by atoms with E-state index < -0.39 is 0 Å². The minimum Gasteiger partial charge on any atom is -0.385 e. The average molecular weight is 250 g/mol. The van der Waals surface area contributed by atoms with Gasteiger partial charge in [-0.15, -0.1) is 0 Å². The van der Waals surface area contributed by atoms with Crippen LogP contribution < -0.4 is 0 Å². The molecule has 0 spiro atoms. The zero-order valence-electron chi connectivity index (χ0n) is 10.1. The largest absolute Gasteiger partial charge is 0.385 e. The molecule has 0 saturated heterocycles. The second-order valence-corrected chi connectivity index (χ2v) is 4.62. The van der Waals surface area contributed by atoms with Gasteiger partial charge in [-0.25, -0.2) is 0 Å². The molecule has 0 atom stereocenters. The van der Waals surface area contributed by atoms with Crippen molar-refractivity contribution in [1.82, 2.24) is 0 Å². The highest BCUT2D eigenvalue weighted by Crippen LogP contribution is 2.16. The van der Waals surface area contributed by atoms with Crippen molar-refractivity contribution in [3.05, 3.63) is 35.4 Å². The molecular weight excluding hydrogens is 232 g/mol. The van der Waals surface area contributed by atoms with Gasteiger partial charge in [0.05, 0.1) is 0 Å². The fourth-order valence-electron chi connectivity index (χ4n) is 1.39. The molecule has 0 amide bonds. The van der Waals surface area contributed by atoms with Gasteiger partial charge in [0.15, 0.2) is 0 Å². The minimum absolute atomic E-state index is 0.0880. The molecule has 0 bridgehead atoms. The van der Waals surface area contributed by atoms with Crippen LogP contribution in [0, 0.1) is 11.8 Å². The third-order valence-electron chi connectivity index (χ3n) is 2.21. The third-order valence-corrected chi connectivity index (χ3v) is 3.31. The van der Waals surface area contributed by atoms with Crippen molar-refractivity contribution >= 4 is 11.8 Å². The first-order valence-corrected chi connectivity index (χ1v) is 6.78. The van der Waals surface area contributed by atoms with Crippen LogP contribution in [0.1, 0.15) is 17.5 Å². The van der Waals surface area contributed by atoms with E-state index in [1.165, 1.54) is 5.56 Å². The zero-order valence-corrected chi connectivity index (χ0v) is 10.9. The SMILES string of the molecule is COCCCSCc1ccccc1C#CCO. The molecule has 1 N–H and O–H groups in total. The van der Waals surface area contributed by atoms with E-state index in [1.807, 2.05) is 30.0 Å². The van der Waals surface area contributed by atoms with E-state index in [-0.39, 0.29) is 6.61 Å². The molecule has 0 aliphatic rings. The molecule has 0 saturated carbocycles. The maximum atomic E-state index is 8.70. The van der Waals surface area contributed by atoms with Crippen LogP contribution in [0.2, 0.25) is 0 Å². The van der Waals surface area contributed by atoms with Crippen LogP contribution in [0.4, 0.5) is 0 Å². The smallest absolute Gasteiger partial charge is 0.104 e. The number of aliphatic hydroxyl groups excluding tert-OH is 1. The summed E-state index contributed by atoms with van der Waals surface area (Å²) in [4.78, 5) is 0. The van der Waals surface area contributed by atoms with Crippen molar-refractivity contribution in [2.45, 2.75) is 12.2 Å². The predicted octanol–water partition coefficient (Wildman–Crippen LogP) is 2.30. The molecular formula is C14H18O2S. The van der Waals surface area contributed by atoms with Gasteiger partial charge < -0.3 is 9.84 Å². The highest BCUT2D eigenvalue weighted by Gasteiger charge is 1.99. The number of thioether (sulfide) groups is 1. The summed E-state index contributed by atoms with van der Waals surface area (Å²) >= 11 is 1.88. The molecule has 0 fully saturated rings. The summed E-state index contributed by atoms with van der Waals surface area (Å²) in [5.41, 5.74) is 2.25. The summed E-state index contributed by atoms with van der Waals surface area (Å²) in [7, 11) is 1.73. The molecule has 0 unspecified atom stereocenters. The van der Waals surface area contributed by atoms with Crippen molar-refractivity contribution in [3.63, 3.8) is 0 Å². The average Bonchev–Trinajstić information content (AvgIpc) is 2.37. The number of methoxy groups -OCH3 is 1. The predicted molar refractivity (Wildman–Crippen MR) is 73.1 cm³/mol. The zero-order chi connectivity index (χ0) is 12.3. The molecule has 0 radical (unpaired) electrons. The van der Waals surface area contributed by atoms with Crippen LogP contribution in [0.25, 0.3) is 0 Å². The van der Waals surface area contributed by atoms with Gasteiger partial charge >= 0.3 is 0 Å². The van der Waals surface area contributed by atoms with Crippen molar-refractivity contribution < 1.29 is 9.84 Å². The topological polar surface area (TPSA) is 29.5 Å². The first-order valence-electron chi connectivity index (χ1n) is 5.62. The van der Waals surface area contributed by atoms with Crippen LogP contribution in [0.3, 0.4) is 0 Å². The van der Waals surface area contributed by atoms with Crippen LogP contribution in [0.15, 0.2) is 24.3 Å². The number of hydrogen-bond donors (Lipinski definition) is 1. The van der Waals surface area contributed by atoms with E-state index in [1.54, 1.807) is 7.11 Å². The van der Waals surface area contributed by atoms with Crippen molar-refractivity contribution in [3.8, 4) is 11.8 Å². The van der Waals surface area contributed by atoms with Gasteiger partial charge in [-0.3, -0.25) is 0 Å². The Kier molecular flexibility index (Phi) is 7.57. The molecule has 92 valence electrons. The molecule has 0 aliphatic carbocycles. The maximum Gasteiger partial charge on any atom is 0.104 e. The Hall–Kier alpha value is -0.950. The molecule has 0 aromatic heterocycles. The van der Waals surface area contributed by atoms with Crippen molar-refractivity contribution in [2.75, 3.05) is 26.1 Å². The molecule has 0 aliphatic heterocycles. The monoisotopic (exact) mass is 250 g/mol. The summed E-state index contributed by atoms with van der Waals surface area (Å²) in [6, 6.07) is 8.08. The normalized spacial score (nSPS) is 9.76. The van der Waals surface area contributed by atoms with E-state index in [9.17, 15) is 0 Å². The number of ether oxygens (including phenoxy) is 1. The Morgan fingerprint density at radius 3 is 2.94 bits per heavy atom. The molecule has 1 aromatic carbocycles. The summed E-state index contributed by atoms with van der Waals surface area (Å²) in [6.07, 6.45) is 1.08. The van der Waals surface area contributed by atoms with Gasteiger partial charge in [-0.2, -0.15) is 11.8 Å². The van der Waals surface area contributed by atoms with Crippen LogP contribution >= 0.6 is 11.8 Å². The first kappa shape index (κ1) is 14.1. The lowest BCUT2D eigenvalue weighted by Gasteiger charge is -2.04. The highest BCUT2D eigenvalue weighted by atomic mass is 32.2. The Balaban J connectivity index is 2.46. The van der Waals surface area contributed by atoms with Gasteiger partial charge in [-0.05, 0) is 23.8 Å². The summed E-state index contributed by atoms with van der Waals surface area (Å²) in [5.74, 6) is 7.72. The third kappa shape index (κ3) is 5.78. The molecule has 17 heavy (non-hydrogen) atoms. The fourth-order valence-corrected chi connectivity index (χ4v) is 2.33. The Bertz CT molecular complexity index is 379. The number of benzene rings is 1. The van der Waals surface area contributed by atoms with E-state index >= 15 is 0 Å². The molecule has 1 rings (SSSR count). The molecule has 3 heteroatoms. The quantitative estimate of drug-likeness (QED) is 0.620. The Morgan fingerprint density at radius 1 is 1.35 bits per heavy atom. The van der Waals surface area contributed by atoms with Gasteiger partial charge in [0.25, 0.3) is 0 Å². The fraction of sp³-hybridized carbons (Fsp3) is 0.429. The van der Waals surface area contributed by atoms with Crippen molar-refractivity contribution in [1.29, 1.82) is 0 Å². The Morgan fingerprint density at radius 2 is 2.18 bits per heavy atom. The summed E-state index contributed by atoms with van der Waals surface area (Å²) in [6.45, 7) is 0.730. The van der Waals surface area contributed by atoms with Gasteiger partial charge in [0.1, 0.15) is 6.61 Å². The van der Waals surface area contributed by atoms with E-state index in [2.05, 4.69) is 17.9 Å². The van der Waals surface area contributed by atoms with Gasteiger partial charge in [-0.1, -0.05) is 30.0 Å². The number of hydrogen-bond acceptors (Lipinski definition) is 3.